The summed E-state index contributed by atoms with van der Waals surface area (Å²) in [5, 5.41) is 3.37. The fourth-order valence-electron chi connectivity index (χ4n) is 1.58. The first-order valence-electron chi connectivity index (χ1n) is 5.84. The van der Waals surface area contributed by atoms with Gasteiger partial charge in [-0.1, -0.05) is 25.4 Å². The van der Waals surface area contributed by atoms with E-state index >= 15 is 0 Å². The number of hydrogen-bond acceptors (Lipinski definition) is 2. The molecule has 2 nitrogen and oxygen atoms in total. The number of furan rings is 1. The Hall–Kier alpha value is -1.03. The van der Waals surface area contributed by atoms with Crippen molar-refractivity contribution < 1.29 is 8.81 Å². The van der Waals surface area contributed by atoms with Crippen LogP contribution in [0.3, 0.4) is 0 Å². The van der Waals surface area contributed by atoms with Crippen molar-refractivity contribution in [2.24, 2.45) is 0 Å². The predicted molar refractivity (Wildman–Crippen MR) is 78.3 cm³/mol. The van der Waals surface area contributed by atoms with Crippen LogP contribution in [0, 0.1) is 5.82 Å². The third-order valence-corrected chi connectivity index (χ3v) is 2.84. The topological polar surface area (TPSA) is 25.2 Å². The molecule has 0 spiro atoms. The molecular weight excluding hydrogens is 288 g/mol. The van der Waals surface area contributed by atoms with Gasteiger partial charge in [-0.25, -0.2) is 4.39 Å². The molecule has 1 aromatic carbocycles. The van der Waals surface area contributed by atoms with Gasteiger partial charge in [0.15, 0.2) is 0 Å². The quantitative estimate of drug-likeness (QED) is 0.888. The molecule has 0 radical (unpaired) electrons. The summed E-state index contributed by atoms with van der Waals surface area (Å²) in [5.41, 5.74) is 0.775. The van der Waals surface area contributed by atoms with E-state index in [-0.39, 0.29) is 17.4 Å². The molecule has 19 heavy (non-hydrogen) atoms. The van der Waals surface area contributed by atoms with Crippen molar-refractivity contribution in [3.8, 4) is 11.3 Å². The molecule has 0 fully saturated rings. The van der Waals surface area contributed by atoms with Gasteiger partial charge in [0.1, 0.15) is 17.3 Å². The molecular formula is C14H16Cl2FNO. The molecule has 0 saturated carbocycles. The molecule has 1 aromatic heterocycles. The van der Waals surface area contributed by atoms with Gasteiger partial charge >= 0.3 is 0 Å². The summed E-state index contributed by atoms with van der Waals surface area (Å²) in [6.45, 7) is 4.82. The Balaban J connectivity index is 0.00000180. The lowest BCUT2D eigenvalue weighted by molar-refractivity contribution is 0.473. The fourth-order valence-corrected chi connectivity index (χ4v) is 1.76. The Morgan fingerprint density at radius 1 is 1.26 bits per heavy atom. The Morgan fingerprint density at radius 2 is 2.00 bits per heavy atom. The van der Waals surface area contributed by atoms with Crippen molar-refractivity contribution in [2.45, 2.75) is 26.4 Å². The maximum atomic E-state index is 13.1. The first kappa shape index (κ1) is 16.0. The average Bonchev–Trinajstić information content (AvgIpc) is 2.79. The number of halogens is 3. The van der Waals surface area contributed by atoms with Crippen LogP contribution in [-0.2, 0) is 6.54 Å². The normalized spacial score (nSPS) is 10.6. The van der Waals surface area contributed by atoms with Gasteiger partial charge in [0.2, 0.25) is 0 Å². The fraction of sp³-hybridized carbons (Fsp3) is 0.286. The Morgan fingerprint density at radius 3 is 2.63 bits per heavy atom. The zero-order valence-corrected chi connectivity index (χ0v) is 12.3. The lowest BCUT2D eigenvalue weighted by Gasteiger charge is -2.05. The van der Waals surface area contributed by atoms with Crippen LogP contribution in [0.4, 0.5) is 4.39 Å². The zero-order chi connectivity index (χ0) is 13.1. The van der Waals surface area contributed by atoms with Crippen LogP contribution in [-0.4, -0.2) is 6.04 Å². The van der Waals surface area contributed by atoms with Crippen LogP contribution in [0.25, 0.3) is 11.3 Å². The zero-order valence-electron chi connectivity index (χ0n) is 10.7. The highest BCUT2D eigenvalue weighted by atomic mass is 35.5. The minimum absolute atomic E-state index is 0. The molecule has 0 amide bonds. The Kier molecular flexibility index (Phi) is 5.85. The summed E-state index contributed by atoms with van der Waals surface area (Å²) >= 11 is 5.74. The van der Waals surface area contributed by atoms with Gasteiger partial charge in [0.25, 0.3) is 0 Å². The predicted octanol–water partition coefficient (Wildman–Crippen LogP) is 4.66. The summed E-state index contributed by atoms with van der Waals surface area (Å²) in [4.78, 5) is 0. The van der Waals surface area contributed by atoms with Crippen molar-refractivity contribution in [1.29, 1.82) is 0 Å². The molecule has 2 rings (SSSR count). The highest BCUT2D eigenvalue weighted by Crippen LogP contribution is 2.26. The van der Waals surface area contributed by atoms with Crippen LogP contribution in [0.2, 0.25) is 5.02 Å². The van der Waals surface area contributed by atoms with Crippen LogP contribution < -0.4 is 5.32 Å². The molecule has 0 aliphatic rings. The Labute approximate surface area is 123 Å². The van der Waals surface area contributed by atoms with E-state index in [9.17, 15) is 4.39 Å². The Bertz CT molecular complexity index is 540. The van der Waals surface area contributed by atoms with E-state index in [0.29, 0.717) is 18.3 Å². The van der Waals surface area contributed by atoms with Gasteiger partial charge in [-0.05, 0) is 30.3 Å². The molecule has 0 aliphatic carbocycles. The third kappa shape index (κ3) is 4.23. The molecule has 1 N–H and O–H groups in total. The van der Waals surface area contributed by atoms with Crippen molar-refractivity contribution in [3.05, 3.63) is 46.9 Å². The van der Waals surface area contributed by atoms with Crippen LogP contribution >= 0.6 is 24.0 Å². The van der Waals surface area contributed by atoms with Gasteiger partial charge in [0, 0.05) is 11.6 Å². The molecule has 5 heteroatoms. The maximum absolute atomic E-state index is 13.1. The van der Waals surface area contributed by atoms with Crippen LogP contribution in [0.5, 0.6) is 0 Å². The van der Waals surface area contributed by atoms with E-state index in [4.69, 9.17) is 16.0 Å². The molecule has 0 aliphatic heterocycles. The van der Waals surface area contributed by atoms with E-state index in [2.05, 4.69) is 19.2 Å². The van der Waals surface area contributed by atoms with E-state index < -0.39 is 5.82 Å². The van der Waals surface area contributed by atoms with Gasteiger partial charge in [-0.2, -0.15) is 0 Å². The summed E-state index contributed by atoms with van der Waals surface area (Å²) < 4.78 is 18.7. The molecule has 0 unspecified atom stereocenters. The minimum Gasteiger partial charge on any atom is -0.460 e. The largest absolute Gasteiger partial charge is 0.460 e. The number of nitrogens with one attached hydrogen (secondary N) is 1. The standard InChI is InChI=1S/C14H15ClFNO.ClH/c1-9(2)17-8-11-4-6-14(18-11)10-3-5-13(16)12(15)7-10;/h3-7,9,17H,8H2,1-2H3;1H. The monoisotopic (exact) mass is 303 g/mol. The second-order valence-electron chi connectivity index (χ2n) is 4.43. The average molecular weight is 304 g/mol. The first-order valence-corrected chi connectivity index (χ1v) is 6.21. The highest BCUT2D eigenvalue weighted by molar-refractivity contribution is 6.31. The minimum atomic E-state index is -0.423. The summed E-state index contributed by atoms with van der Waals surface area (Å²) in [5.74, 6) is 1.12. The molecule has 0 atom stereocenters. The number of rotatable bonds is 4. The molecule has 0 saturated heterocycles. The van der Waals surface area contributed by atoms with Crippen molar-refractivity contribution in [1.82, 2.24) is 5.32 Å². The molecule has 0 bridgehead atoms. The molecule has 1 heterocycles. The second-order valence-corrected chi connectivity index (χ2v) is 4.84. The van der Waals surface area contributed by atoms with Crippen LogP contribution in [0.15, 0.2) is 34.7 Å². The SMILES string of the molecule is CC(C)NCc1ccc(-c2ccc(F)c(Cl)c2)o1.Cl. The van der Waals surface area contributed by atoms with Crippen molar-refractivity contribution >= 4 is 24.0 Å². The lowest BCUT2D eigenvalue weighted by atomic mass is 10.2. The van der Waals surface area contributed by atoms with E-state index in [1.54, 1.807) is 12.1 Å². The molecule has 2 aromatic rings. The third-order valence-electron chi connectivity index (χ3n) is 2.55. The molecule has 104 valence electrons. The van der Waals surface area contributed by atoms with Gasteiger partial charge in [0.05, 0.1) is 11.6 Å². The highest BCUT2D eigenvalue weighted by Gasteiger charge is 2.07. The summed E-state index contributed by atoms with van der Waals surface area (Å²) in [6.07, 6.45) is 0. The van der Waals surface area contributed by atoms with E-state index in [0.717, 1.165) is 11.3 Å². The lowest BCUT2D eigenvalue weighted by Crippen LogP contribution is -2.21. The van der Waals surface area contributed by atoms with Crippen LogP contribution in [0.1, 0.15) is 19.6 Å². The van der Waals surface area contributed by atoms with Gasteiger partial charge in [-0.15, -0.1) is 12.4 Å². The van der Waals surface area contributed by atoms with Crippen molar-refractivity contribution in [2.75, 3.05) is 0 Å². The van der Waals surface area contributed by atoms with E-state index in [1.165, 1.54) is 6.07 Å². The summed E-state index contributed by atoms with van der Waals surface area (Å²) in [7, 11) is 0. The van der Waals surface area contributed by atoms with Gasteiger partial charge < -0.3 is 9.73 Å². The van der Waals surface area contributed by atoms with E-state index in [1.807, 2.05) is 12.1 Å². The second kappa shape index (κ2) is 6.94. The summed E-state index contributed by atoms with van der Waals surface area (Å²) in [6, 6.07) is 8.73. The number of benzene rings is 1. The number of hydrogen-bond donors (Lipinski definition) is 1. The van der Waals surface area contributed by atoms with Gasteiger partial charge in [-0.3, -0.25) is 0 Å². The smallest absolute Gasteiger partial charge is 0.141 e. The van der Waals surface area contributed by atoms with Crippen molar-refractivity contribution in [3.63, 3.8) is 0 Å². The maximum Gasteiger partial charge on any atom is 0.141 e. The first-order chi connectivity index (χ1) is 8.56.